The van der Waals surface area contributed by atoms with Gasteiger partial charge in [-0.05, 0) is 43.2 Å². The normalized spacial score (nSPS) is 10.9. The number of hydrogen-bond donors (Lipinski definition) is 1. The second-order valence-corrected chi connectivity index (χ2v) is 5.87. The highest BCUT2D eigenvalue weighted by Crippen LogP contribution is 2.33. The molecular formula is C18H19N3O4. The number of hydrogen-bond acceptors (Lipinski definition) is 5. The molecule has 7 nitrogen and oxygen atoms in total. The van der Waals surface area contributed by atoms with Crippen LogP contribution in [0.4, 0.5) is 0 Å². The maximum atomic E-state index is 10.7. The predicted octanol–water partition coefficient (Wildman–Crippen LogP) is 2.72. The molecule has 0 saturated carbocycles. The fourth-order valence-corrected chi connectivity index (χ4v) is 2.81. The molecular weight excluding hydrogens is 322 g/mol. The summed E-state index contributed by atoms with van der Waals surface area (Å²) in [6.07, 6.45) is 0. The number of fused-ring (bicyclic) bond motifs is 1. The van der Waals surface area contributed by atoms with Crippen molar-refractivity contribution in [3.8, 4) is 22.9 Å². The molecule has 2 aromatic heterocycles. The maximum Gasteiger partial charge on any atom is 0.341 e. The van der Waals surface area contributed by atoms with Crippen LogP contribution in [0.2, 0.25) is 0 Å². The Morgan fingerprint density at radius 2 is 2.00 bits per heavy atom. The van der Waals surface area contributed by atoms with Gasteiger partial charge in [-0.1, -0.05) is 0 Å². The van der Waals surface area contributed by atoms with Crippen molar-refractivity contribution < 1.29 is 19.4 Å². The molecule has 0 radical (unpaired) electrons. The van der Waals surface area contributed by atoms with Gasteiger partial charge in [-0.3, -0.25) is 0 Å². The molecule has 0 fully saturated rings. The number of carboxylic acid groups (broad SMARTS) is 1. The first-order valence-electron chi connectivity index (χ1n) is 7.74. The van der Waals surface area contributed by atoms with E-state index in [9.17, 15) is 4.79 Å². The SMILES string of the molecule is COc1cc(C)cc(-c2nn(C)c3nc(OCC(=O)O)cc(C)c23)c1. The molecule has 3 aromatic rings. The van der Waals surface area contributed by atoms with E-state index >= 15 is 0 Å². The highest BCUT2D eigenvalue weighted by molar-refractivity contribution is 5.94. The molecule has 25 heavy (non-hydrogen) atoms. The van der Waals surface area contributed by atoms with Crippen LogP contribution in [0.1, 0.15) is 11.1 Å². The Balaban J connectivity index is 2.15. The van der Waals surface area contributed by atoms with Crippen LogP contribution in [0.5, 0.6) is 11.6 Å². The third-order valence-corrected chi connectivity index (χ3v) is 3.87. The second-order valence-electron chi connectivity index (χ2n) is 5.87. The topological polar surface area (TPSA) is 86.5 Å². The first-order valence-corrected chi connectivity index (χ1v) is 7.74. The van der Waals surface area contributed by atoms with E-state index in [0.29, 0.717) is 5.65 Å². The molecule has 130 valence electrons. The summed E-state index contributed by atoms with van der Waals surface area (Å²) >= 11 is 0. The highest BCUT2D eigenvalue weighted by atomic mass is 16.5. The van der Waals surface area contributed by atoms with Gasteiger partial charge in [0.1, 0.15) is 11.4 Å². The van der Waals surface area contributed by atoms with Gasteiger partial charge in [-0.15, -0.1) is 0 Å². The number of rotatable bonds is 5. The molecule has 0 aliphatic carbocycles. The summed E-state index contributed by atoms with van der Waals surface area (Å²) in [7, 11) is 3.43. The highest BCUT2D eigenvalue weighted by Gasteiger charge is 2.17. The fourth-order valence-electron chi connectivity index (χ4n) is 2.81. The standard InChI is InChI=1S/C18H19N3O4/c1-10-5-12(8-13(6-10)24-4)17-16-11(2)7-14(25-9-15(22)23)19-18(16)21(3)20-17/h5-8H,9H2,1-4H3,(H,22,23). The summed E-state index contributed by atoms with van der Waals surface area (Å²) in [6.45, 7) is 3.49. The van der Waals surface area contributed by atoms with Crippen LogP contribution in [-0.2, 0) is 11.8 Å². The zero-order valence-corrected chi connectivity index (χ0v) is 14.5. The second kappa shape index (κ2) is 6.43. The van der Waals surface area contributed by atoms with E-state index in [1.807, 2.05) is 32.0 Å². The molecule has 2 heterocycles. The average Bonchev–Trinajstić information content (AvgIpc) is 2.90. The van der Waals surface area contributed by atoms with E-state index in [2.05, 4.69) is 10.1 Å². The van der Waals surface area contributed by atoms with Gasteiger partial charge in [0.05, 0.1) is 12.5 Å². The van der Waals surface area contributed by atoms with E-state index in [-0.39, 0.29) is 5.88 Å². The molecule has 0 atom stereocenters. The minimum Gasteiger partial charge on any atom is -0.497 e. The molecule has 0 spiro atoms. The van der Waals surface area contributed by atoms with Crippen LogP contribution in [0.15, 0.2) is 24.3 Å². The van der Waals surface area contributed by atoms with Gasteiger partial charge >= 0.3 is 5.97 Å². The molecule has 7 heteroatoms. The van der Waals surface area contributed by atoms with Crippen molar-refractivity contribution >= 4 is 17.0 Å². The number of nitrogens with zero attached hydrogens (tertiary/aromatic N) is 3. The van der Waals surface area contributed by atoms with Gasteiger partial charge < -0.3 is 14.6 Å². The number of carbonyl (C=O) groups is 1. The number of aromatic nitrogens is 3. The van der Waals surface area contributed by atoms with Gasteiger partial charge in [0.25, 0.3) is 0 Å². The Morgan fingerprint density at radius 1 is 1.24 bits per heavy atom. The number of ether oxygens (including phenoxy) is 2. The Morgan fingerprint density at radius 3 is 2.68 bits per heavy atom. The summed E-state index contributed by atoms with van der Waals surface area (Å²) in [6, 6.07) is 7.66. The molecule has 0 aliphatic heterocycles. The van der Waals surface area contributed by atoms with Crippen molar-refractivity contribution in [1.29, 1.82) is 0 Å². The summed E-state index contributed by atoms with van der Waals surface area (Å²) in [4.78, 5) is 15.1. The fraction of sp³-hybridized carbons (Fsp3) is 0.278. The van der Waals surface area contributed by atoms with Crippen LogP contribution >= 0.6 is 0 Å². The van der Waals surface area contributed by atoms with Gasteiger partial charge in [0, 0.05) is 18.7 Å². The molecule has 0 aliphatic rings. The van der Waals surface area contributed by atoms with Crippen molar-refractivity contribution in [2.45, 2.75) is 13.8 Å². The first kappa shape index (κ1) is 16.8. The van der Waals surface area contributed by atoms with Crippen LogP contribution in [0.3, 0.4) is 0 Å². The molecule has 0 unspecified atom stereocenters. The smallest absolute Gasteiger partial charge is 0.341 e. The molecule has 1 aromatic carbocycles. The lowest BCUT2D eigenvalue weighted by atomic mass is 10.0. The minimum absolute atomic E-state index is 0.267. The van der Waals surface area contributed by atoms with E-state index in [1.165, 1.54) is 0 Å². The number of pyridine rings is 1. The molecule has 3 rings (SSSR count). The zero-order chi connectivity index (χ0) is 18.1. The lowest BCUT2D eigenvalue weighted by Gasteiger charge is -2.07. The Kier molecular flexibility index (Phi) is 4.31. The number of benzene rings is 1. The van der Waals surface area contributed by atoms with Gasteiger partial charge in [-0.25, -0.2) is 9.48 Å². The van der Waals surface area contributed by atoms with Crippen molar-refractivity contribution in [1.82, 2.24) is 14.8 Å². The molecule has 0 bridgehead atoms. The number of methoxy groups -OCH3 is 1. The van der Waals surface area contributed by atoms with Crippen molar-refractivity contribution in [3.63, 3.8) is 0 Å². The summed E-state index contributed by atoms with van der Waals surface area (Å²) in [5.74, 6) is -0.0123. The van der Waals surface area contributed by atoms with Crippen molar-refractivity contribution in [3.05, 3.63) is 35.4 Å². The van der Waals surface area contributed by atoms with Crippen molar-refractivity contribution in [2.75, 3.05) is 13.7 Å². The van der Waals surface area contributed by atoms with Crippen LogP contribution in [-0.4, -0.2) is 39.6 Å². The quantitative estimate of drug-likeness (QED) is 0.768. The maximum absolute atomic E-state index is 10.7. The third-order valence-electron chi connectivity index (χ3n) is 3.87. The largest absolute Gasteiger partial charge is 0.497 e. The lowest BCUT2D eigenvalue weighted by Crippen LogP contribution is -2.10. The van der Waals surface area contributed by atoms with Crippen LogP contribution in [0, 0.1) is 13.8 Å². The van der Waals surface area contributed by atoms with Crippen molar-refractivity contribution in [2.24, 2.45) is 7.05 Å². The monoisotopic (exact) mass is 341 g/mol. The number of aliphatic carboxylic acids is 1. The minimum atomic E-state index is -1.04. The van der Waals surface area contributed by atoms with E-state index < -0.39 is 12.6 Å². The molecule has 0 amide bonds. The first-order chi connectivity index (χ1) is 11.9. The summed E-state index contributed by atoms with van der Waals surface area (Å²) in [5.41, 5.74) is 4.35. The third kappa shape index (κ3) is 3.26. The van der Waals surface area contributed by atoms with Gasteiger partial charge in [-0.2, -0.15) is 10.1 Å². The Labute approximate surface area is 144 Å². The Hall–Kier alpha value is -3.09. The zero-order valence-electron chi connectivity index (χ0n) is 14.5. The van der Waals surface area contributed by atoms with E-state index in [1.54, 1.807) is 24.9 Å². The average molecular weight is 341 g/mol. The van der Waals surface area contributed by atoms with E-state index in [0.717, 1.165) is 33.5 Å². The predicted molar refractivity (Wildman–Crippen MR) is 93.1 cm³/mol. The lowest BCUT2D eigenvalue weighted by molar-refractivity contribution is -0.139. The summed E-state index contributed by atoms with van der Waals surface area (Å²) in [5, 5.41) is 14.3. The van der Waals surface area contributed by atoms with E-state index in [4.69, 9.17) is 14.6 Å². The number of carboxylic acids is 1. The van der Waals surface area contributed by atoms with Gasteiger partial charge in [0.15, 0.2) is 12.3 Å². The van der Waals surface area contributed by atoms with Crippen LogP contribution < -0.4 is 9.47 Å². The van der Waals surface area contributed by atoms with Gasteiger partial charge in [0.2, 0.25) is 5.88 Å². The molecule has 0 saturated heterocycles. The Bertz CT molecular complexity index is 963. The number of aryl methyl sites for hydroxylation is 3. The molecule has 1 N–H and O–H groups in total. The summed E-state index contributed by atoms with van der Waals surface area (Å²) < 4.78 is 12.2. The van der Waals surface area contributed by atoms with Crippen LogP contribution in [0.25, 0.3) is 22.3 Å².